The van der Waals surface area contributed by atoms with Crippen LogP contribution in [0.3, 0.4) is 0 Å². The van der Waals surface area contributed by atoms with Crippen molar-refractivity contribution in [3.63, 3.8) is 0 Å². The fourth-order valence-corrected chi connectivity index (χ4v) is 1.45. The number of hydrogen-bond donors (Lipinski definition) is 0. The van der Waals surface area contributed by atoms with Gasteiger partial charge in [-0.15, -0.1) is 0 Å². The first-order valence-corrected chi connectivity index (χ1v) is 5.80. The largest absolute Gasteiger partial charge is 0.380 e. The Morgan fingerprint density at radius 1 is 1.31 bits per heavy atom. The molecule has 0 aromatic carbocycles. The third kappa shape index (κ3) is 3.77. The van der Waals surface area contributed by atoms with Gasteiger partial charge < -0.3 is 9.64 Å². The van der Waals surface area contributed by atoms with Crippen LogP contribution in [-0.2, 0) is 11.2 Å². The van der Waals surface area contributed by atoms with Crippen molar-refractivity contribution in [2.45, 2.75) is 27.2 Å². The highest BCUT2D eigenvalue weighted by atomic mass is 16.5. The van der Waals surface area contributed by atoms with Crippen LogP contribution in [0.15, 0.2) is 6.07 Å². The summed E-state index contributed by atoms with van der Waals surface area (Å²) in [5, 5.41) is 0. The van der Waals surface area contributed by atoms with Crippen molar-refractivity contribution in [2.24, 2.45) is 0 Å². The lowest BCUT2D eigenvalue weighted by Crippen LogP contribution is -2.24. The molecule has 0 bridgehead atoms. The molecule has 1 aromatic heterocycles. The highest BCUT2D eigenvalue weighted by Gasteiger charge is 2.05. The lowest BCUT2D eigenvalue weighted by molar-refractivity contribution is 0.154. The van der Waals surface area contributed by atoms with E-state index in [1.165, 1.54) is 0 Å². The van der Waals surface area contributed by atoms with E-state index in [4.69, 9.17) is 4.74 Å². The molecule has 0 spiro atoms. The first-order chi connectivity index (χ1) is 7.67. The van der Waals surface area contributed by atoms with Crippen LogP contribution in [0, 0.1) is 6.92 Å². The monoisotopic (exact) mass is 223 g/mol. The summed E-state index contributed by atoms with van der Waals surface area (Å²) in [5.74, 6) is 1.81. The van der Waals surface area contributed by atoms with Gasteiger partial charge in [0.2, 0.25) is 0 Å². The van der Waals surface area contributed by atoms with Crippen molar-refractivity contribution >= 4 is 5.82 Å². The molecule has 0 amide bonds. The zero-order valence-electron chi connectivity index (χ0n) is 10.7. The number of rotatable bonds is 6. The maximum Gasteiger partial charge on any atom is 0.132 e. The van der Waals surface area contributed by atoms with E-state index in [1.54, 1.807) is 0 Å². The Kier molecular flexibility index (Phi) is 5.19. The number of likely N-dealkylation sites (N-methyl/N-ethyl adjacent to an activating group) is 1. The normalized spacial score (nSPS) is 10.5. The van der Waals surface area contributed by atoms with E-state index in [0.717, 1.165) is 43.5 Å². The topological polar surface area (TPSA) is 38.2 Å². The number of aromatic nitrogens is 2. The molecule has 0 aliphatic heterocycles. The molecule has 0 aliphatic carbocycles. The van der Waals surface area contributed by atoms with Gasteiger partial charge in [0.05, 0.1) is 6.61 Å². The molecule has 0 aliphatic rings. The molecule has 1 rings (SSSR count). The van der Waals surface area contributed by atoms with Crippen molar-refractivity contribution in [1.82, 2.24) is 9.97 Å². The first kappa shape index (κ1) is 12.9. The second-order valence-corrected chi connectivity index (χ2v) is 3.74. The Balaban J connectivity index is 2.66. The smallest absolute Gasteiger partial charge is 0.132 e. The summed E-state index contributed by atoms with van der Waals surface area (Å²) in [7, 11) is 2.03. The third-order valence-corrected chi connectivity index (χ3v) is 2.41. The Labute approximate surface area is 97.7 Å². The molecule has 0 radical (unpaired) electrons. The minimum absolute atomic E-state index is 0.734. The predicted octanol–water partition coefficient (Wildman–Crippen LogP) is 1.82. The number of aryl methyl sites for hydroxylation is 2. The zero-order valence-corrected chi connectivity index (χ0v) is 10.7. The Morgan fingerprint density at radius 2 is 2.06 bits per heavy atom. The van der Waals surface area contributed by atoms with Gasteiger partial charge in [0.25, 0.3) is 0 Å². The van der Waals surface area contributed by atoms with Gasteiger partial charge in [-0.05, 0) is 20.3 Å². The van der Waals surface area contributed by atoms with Crippen molar-refractivity contribution in [3.05, 3.63) is 17.6 Å². The molecular formula is C12H21N3O. The highest BCUT2D eigenvalue weighted by molar-refractivity contribution is 5.38. The van der Waals surface area contributed by atoms with Crippen molar-refractivity contribution < 1.29 is 4.74 Å². The van der Waals surface area contributed by atoms with E-state index < -0.39 is 0 Å². The molecular weight excluding hydrogens is 202 g/mol. The van der Waals surface area contributed by atoms with Gasteiger partial charge in [-0.3, -0.25) is 0 Å². The van der Waals surface area contributed by atoms with Gasteiger partial charge in [-0.2, -0.15) is 0 Å². The van der Waals surface area contributed by atoms with Crippen LogP contribution >= 0.6 is 0 Å². The molecule has 4 nitrogen and oxygen atoms in total. The Hall–Kier alpha value is -1.16. The average Bonchev–Trinajstić information content (AvgIpc) is 2.28. The summed E-state index contributed by atoms with van der Waals surface area (Å²) in [6.07, 6.45) is 0.940. The van der Waals surface area contributed by atoms with E-state index in [1.807, 2.05) is 27.0 Å². The van der Waals surface area contributed by atoms with Crippen LogP contribution in [0.4, 0.5) is 5.82 Å². The van der Waals surface area contributed by atoms with Gasteiger partial charge in [0.15, 0.2) is 0 Å². The fourth-order valence-electron chi connectivity index (χ4n) is 1.45. The second-order valence-electron chi connectivity index (χ2n) is 3.74. The van der Waals surface area contributed by atoms with Crippen LogP contribution in [-0.4, -0.2) is 36.8 Å². The van der Waals surface area contributed by atoms with Crippen LogP contribution < -0.4 is 4.90 Å². The van der Waals surface area contributed by atoms with E-state index in [0.29, 0.717) is 0 Å². The maximum absolute atomic E-state index is 5.33. The molecule has 0 fully saturated rings. The number of anilines is 1. The predicted molar refractivity (Wildman–Crippen MR) is 65.9 cm³/mol. The van der Waals surface area contributed by atoms with E-state index in [2.05, 4.69) is 21.8 Å². The molecule has 1 aromatic rings. The molecule has 16 heavy (non-hydrogen) atoms. The zero-order chi connectivity index (χ0) is 12.0. The SMILES string of the molecule is CCOCCN(C)c1cc(CC)nc(C)n1. The van der Waals surface area contributed by atoms with Crippen LogP contribution in [0.25, 0.3) is 0 Å². The standard InChI is InChI=1S/C12H21N3O/c1-5-11-9-12(14-10(3)13-11)15(4)7-8-16-6-2/h9H,5-8H2,1-4H3. The van der Waals surface area contributed by atoms with Gasteiger partial charge in [-0.25, -0.2) is 9.97 Å². The molecule has 0 unspecified atom stereocenters. The van der Waals surface area contributed by atoms with Crippen molar-refractivity contribution in [2.75, 3.05) is 31.7 Å². The number of ether oxygens (including phenoxy) is 1. The van der Waals surface area contributed by atoms with Gasteiger partial charge in [-0.1, -0.05) is 6.92 Å². The van der Waals surface area contributed by atoms with Crippen LogP contribution in [0.2, 0.25) is 0 Å². The lowest BCUT2D eigenvalue weighted by Gasteiger charge is -2.18. The van der Waals surface area contributed by atoms with E-state index in [9.17, 15) is 0 Å². The van der Waals surface area contributed by atoms with E-state index >= 15 is 0 Å². The Bertz CT molecular complexity index is 328. The third-order valence-electron chi connectivity index (χ3n) is 2.41. The molecule has 4 heteroatoms. The quantitative estimate of drug-likeness (QED) is 0.689. The molecule has 1 heterocycles. The summed E-state index contributed by atoms with van der Waals surface area (Å²) in [6.45, 7) is 8.39. The summed E-state index contributed by atoms with van der Waals surface area (Å²) in [4.78, 5) is 10.9. The average molecular weight is 223 g/mol. The summed E-state index contributed by atoms with van der Waals surface area (Å²) in [6, 6.07) is 2.04. The van der Waals surface area contributed by atoms with Gasteiger partial charge in [0.1, 0.15) is 11.6 Å². The fraction of sp³-hybridized carbons (Fsp3) is 0.667. The molecule has 0 saturated carbocycles. The van der Waals surface area contributed by atoms with Crippen molar-refractivity contribution in [1.29, 1.82) is 0 Å². The number of nitrogens with zero attached hydrogens (tertiary/aromatic N) is 3. The second kappa shape index (κ2) is 6.43. The minimum Gasteiger partial charge on any atom is -0.380 e. The Morgan fingerprint density at radius 3 is 2.69 bits per heavy atom. The summed E-state index contributed by atoms with van der Waals surface area (Å²) >= 11 is 0. The van der Waals surface area contributed by atoms with Gasteiger partial charge in [0, 0.05) is 32.0 Å². The van der Waals surface area contributed by atoms with E-state index in [-0.39, 0.29) is 0 Å². The molecule has 0 saturated heterocycles. The van der Waals surface area contributed by atoms with Crippen LogP contribution in [0.1, 0.15) is 25.4 Å². The highest BCUT2D eigenvalue weighted by Crippen LogP contribution is 2.11. The molecule has 0 N–H and O–H groups in total. The summed E-state index contributed by atoms with van der Waals surface area (Å²) < 4.78 is 5.33. The van der Waals surface area contributed by atoms with Crippen molar-refractivity contribution in [3.8, 4) is 0 Å². The molecule has 0 atom stereocenters. The first-order valence-electron chi connectivity index (χ1n) is 5.80. The number of hydrogen-bond acceptors (Lipinski definition) is 4. The molecule has 90 valence electrons. The van der Waals surface area contributed by atoms with Crippen LogP contribution in [0.5, 0.6) is 0 Å². The maximum atomic E-state index is 5.33. The lowest BCUT2D eigenvalue weighted by atomic mass is 10.3. The summed E-state index contributed by atoms with van der Waals surface area (Å²) in [5.41, 5.74) is 1.09. The van der Waals surface area contributed by atoms with Gasteiger partial charge >= 0.3 is 0 Å². The minimum atomic E-state index is 0.734.